The highest BCUT2D eigenvalue weighted by Crippen LogP contribution is 2.26. The molecule has 0 fully saturated rings. The molecule has 6 heteroatoms. The van der Waals surface area contributed by atoms with Gasteiger partial charge in [-0.25, -0.2) is 17.2 Å². The summed E-state index contributed by atoms with van der Waals surface area (Å²) in [7, 11) is -3.78. The largest absolute Gasteiger partial charge is 0.576 e. The van der Waals surface area contributed by atoms with Crippen LogP contribution in [0.5, 0.6) is 0 Å². The maximum Gasteiger partial charge on any atom is 0.158 e. The van der Waals surface area contributed by atoms with Gasteiger partial charge >= 0.3 is 0 Å². The molecule has 0 aromatic heterocycles. The van der Waals surface area contributed by atoms with Crippen LogP contribution in [0, 0.1) is 11.6 Å². The second kappa shape index (κ2) is 5.36. The zero-order valence-electron chi connectivity index (χ0n) is 9.75. The minimum atomic E-state index is -3.78. The molecule has 0 aliphatic heterocycles. The van der Waals surface area contributed by atoms with E-state index in [-0.39, 0.29) is 11.4 Å². The summed E-state index contributed by atoms with van der Waals surface area (Å²) in [4.78, 5) is 0. The number of nitrogens with zero attached hydrogens (tertiary/aromatic N) is 1. The molecule has 0 spiro atoms. The lowest BCUT2D eigenvalue weighted by atomic mass is 10.2. The van der Waals surface area contributed by atoms with Gasteiger partial charge < -0.3 is 4.72 Å². The quantitative estimate of drug-likeness (QED) is 0.861. The lowest BCUT2D eigenvalue weighted by Crippen LogP contribution is -2.01. The third-order valence-corrected chi connectivity index (χ3v) is 3.53. The number of sulfonamides is 1. The lowest BCUT2D eigenvalue weighted by molar-refractivity contribution is 0.509. The van der Waals surface area contributed by atoms with Crippen molar-refractivity contribution < 1.29 is 17.2 Å². The second-order valence-corrected chi connectivity index (χ2v) is 5.54. The fourth-order valence-corrected chi connectivity index (χ4v) is 2.63. The van der Waals surface area contributed by atoms with Gasteiger partial charge in [-0.15, -0.1) is 5.69 Å². The molecule has 19 heavy (non-hydrogen) atoms. The molecule has 0 saturated carbocycles. The Hall–Kier alpha value is -1.95. The normalized spacial score (nSPS) is 11.3. The van der Waals surface area contributed by atoms with Crippen molar-refractivity contribution in [3.05, 3.63) is 70.5 Å². The Kier molecular flexibility index (Phi) is 3.80. The highest BCUT2D eigenvalue weighted by atomic mass is 32.2. The first-order valence-corrected chi connectivity index (χ1v) is 7.02. The fourth-order valence-electron chi connectivity index (χ4n) is 1.52. The van der Waals surface area contributed by atoms with Crippen molar-refractivity contribution in [2.24, 2.45) is 0 Å². The molecule has 0 saturated heterocycles. The molecule has 0 aliphatic carbocycles. The van der Waals surface area contributed by atoms with Crippen molar-refractivity contribution >= 4 is 15.7 Å². The van der Waals surface area contributed by atoms with E-state index in [0.717, 1.165) is 18.2 Å². The summed E-state index contributed by atoms with van der Waals surface area (Å²) < 4.78 is 52.7. The van der Waals surface area contributed by atoms with E-state index in [2.05, 4.69) is 4.72 Å². The number of hydrogen-bond donors (Lipinski definition) is 0. The predicted molar refractivity (Wildman–Crippen MR) is 68.4 cm³/mol. The molecule has 0 N–H and O–H groups in total. The summed E-state index contributed by atoms with van der Waals surface area (Å²) in [6.07, 6.45) is 0. The van der Waals surface area contributed by atoms with E-state index < -0.39 is 21.7 Å². The van der Waals surface area contributed by atoms with E-state index in [4.69, 9.17) is 0 Å². The second-order valence-electron chi connectivity index (χ2n) is 3.90. The molecule has 0 radical (unpaired) electrons. The molecule has 0 atom stereocenters. The van der Waals surface area contributed by atoms with E-state index in [0.29, 0.717) is 5.56 Å². The van der Waals surface area contributed by atoms with Gasteiger partial charge in [-0.1, -0.05) is 36.4 Å². The van der Waals surface area contributed by atoms with Crippen LogP contribution in [0.1, 0.15) is 5.56 Å². The third kappa shape index (κ3) is 3.75. The maximum atomic E-state index is 13.0. The number of hydrogen-bond acceptors (Lipinski definition) is 2. The van der Waals surface area contributed by atoms with Crippen molar-refractivity contribution in [1.29, 1.82) is 0 Å². The number of rotatable bonds is 4. The Balaban J connectivity index is 2.15. The first-order chi connectivity index (χ1) is 8.96. The molecule has 2 rings (SSSR count). The average molecular weight is 282 g/mol. The van der Waals surface area contributed by atoms with Gasteiger partial charge in [-0.3, -0.25) is 0 Å². The van der Waals surface area contributed by atoms with Gasteiger partial charge in [-0.2, -0.15) is 0 Å². The van der Waals surface area contributed by atoms with Gasteiger partial charge in [0.1, 0.15) is 0 Å². The molecular formula is C13H10F2NO2S-. The number of halogens is 2. The Morgan fingerprint density at radius 2 is 1.63 bits per heavy atom. The van der Waals surface area contributed by atoms with Crippen molar-refractivity contribution in [3.8, 4) is 0 Å². The average Bonchev–Trinajstić information content (AvgIpc) is 2.34. The highest BCUT2D eigenvalue weighted by molar-refractivity contribution is 7.93. The van der Waals surface area contributed by atoms with Gasteiger partial charge in [0.05, 0.1) is 15.8 Å². The van der Waals surface area contributed by atoms with Gasteiger partial charge in [0.15, 0.2) is 11.6 Å². The van der Waals surface area contributed by atoms with Crippen LogP contribution in [-0.4, -0.2) is 8.42 Å². The van der Waals surface area contributed by atoms with E-state index >= 15 is 0 Å². The zero-order chi connectivity index (χ0) is 13.9. The van der Waals surface area contributed by atoms with Crippen LogP contribution in [0.2, 0.25) is 0 Å². The Labute approximate surface area is 109 Å². The fraction of sp³-hybridized carbons (Fsp3) is 0.0769. The molecule has 0 unspecified atom stereocenters. The molecule has 3 nitrogen and oxygen atoms in total. The topological polar surface area (TPSA) is 48.2 Å². The van der Waals surface area contributed by atoms with Gasteiger partial charge in [0, 0.05) is 0 Å². The molecular weight excluding hydrogens is 272 g/mol. The monoisotopic (exact) mass is 282 g/mol. The molecule has 0 aliphatic rings. The summed E-state index contributed by atoms with van der Waals surface area (Å²) >= 11 is 0. The first kappa shape index (κ1) is 13.5. The third-order valence-electron chi connectivity index (χ3n) is 2.34. The van der Waals surface area contributed by atoms with Crippen LogP contribution in [-0.2, 0) is 15.8 Å². The first-order valence-electron chi connectivity index (χ1n) is 5.41. The predicted octanol–water partition coefficient (Wildman–Crippen LogP) is 3.50. The summed E-state index contributed by atoms with van der Waals surface area (Å²) in [5.74, 6) is -2.46. The van der Waals surface area contributed by atoms with Crippen LogP contribution in [0.3, 0.4) is 0 Å². The van der Waals surface area contributed by atoms with Crippen molar-refractivity contribution in [2.75, 3.05) is 0 Å². The summed E-state index contributed by atoms with van der Waals surface area (Å²) in [5.41, 5.74) is 0.448. The Morgan fingerprint density at radius 3 is 2.26 bits per heavy atom. The van der Waals surface area contributed by atoms with Crippen molar-refractivity contribution in [3.63, 3.8) is 0 Å². The van der Waals surface area contributed by atoms with Crippen molar-refractivity contribution in [2.45, 2.75) is 5.75 Å². The Bertz CT molecular complexity index is 672. The summed E-state index contributed by atoms with van der Waals surface area (Å²) in [6, 6.07) is 11.2. The SMILES string of the molecule is O=S(=O)(Cc1ccccc1)[N-]c1ccc(F)c(F)c1. The molecule has 2 aromatic carbocycles. The van der Waals surface area contributed by atoms with Crippen LogP contribution >= 0.6 is 0 Å². The lowest BCUT2D eigenvalue weighted by Gasteiger charge is -2.21. The van der Waals surface area contributed by atoms with Crippen LogP contribution in [0.25, 0.3) is 4.72 Å². The smallest absolute Gasteiger partial charge is 0.158 e. The molecule has 0 heterocycles. The van der Waals surface area contributed by atoms with E-state index in [1.165, 1.54) is 0 Å². The van der Waals surface area contributed by atoms with Gasteiger partial charge in [-0.05, 0) is 17.7 Å². The number of benzene rings is 2. The van der Waals surface area contributed by atoms with Crippen molar-refractivity contribution in [1.82, 2.24) is 0 Å². The minimum Gasteiger partial charge on any atom is -0.576 e. The summed E-state index contributed by atoms with van der Waals surface area (Å²) in [5, 5.41) is 0. The van der Waals surface area contributed by atoms with E-state index in [1.54, 1.807) is 30.3 Å². The van der Waals surface area contributed by atoms with E-state index in [1.807, 2.05) is 0 Å². The minimum absolute atomic E-state index is 0.130. The van der Waals surface area contributed by atoms with Gasteiger partial charge in [0.25, 0.3) is 0 Å². The molecule has 0 bridgehead atoms. The molecule has 2 aromatic rings. The zero-order valence-corrected chi connectivity index (χ0v) is 10.6. The Morgan fingerprint density at radius 1 is 0.947 bits per heavy atom. The highest BCUT2D eigenvalue weighted by Gasteiger charge is 2.04. The van der Waals surface area contributed by atoms with Crippen LogP contribution < -0.4 is 0 Å². The maximum absolute atomic E-state index is 13.0. The van der Waals surface area contributed by atoms with Crippen LogP contribution in [0.15, 0.2) is 48.5 Å². The molecule has 100 valence electrons. The standard InChI is InChI=1S/C13H10F2NO2S/c14-12-7-6-11(8-13(12)15)16-19(17,18)9-10-4-2-1-3-5-10/h1-8H,9H2/q-1. The molecule has 0 amide bonds. The van der Waals surface area contributed by atoms with Gasteiger partial charge in [0.2, 0.25) is 0 Å². The summed E-state index contributed by atoms with van der Waals surface area (Å²) in [6.45, 7) is 0. The van der Waals surface area contributed by atoms with Crippen LogP contribution in [0.4, 0.5) is 14.5 Å². The van der Waals surface area contributed by atoms with E-state index in [9.17, 15) is 17.2 Å².